The maximum Gasteiger partial charge on any atom is 0.408 e. The third-order valence-corrected chi connectivity index (χ3v) is 5.63. The van der Waals surface area contributed by atoms with E-state index < -0.39 is 5.60 Å². The molecule has 0 unspecified atom stereocenters. The first-order chi connectivity index (χ1) is 11.9. The molecule has 1 amide bonds. The number of rotatable bonds is 3. The van der Waals surface area contributed by atoms with E-state index in [0.29, 0.717) is 13.2 Å². The highest BCUT2D eigenvalue weighted by Gasteiger charge is 2.37. The number of piperidine rings is 2. The van der Waals surface area contributed by atoms with Crippen LogP contribution in [0.3, 0.4) is 0 Å². The van der Waals surface area contributed by atoms with Crippen LogP contribution in [0.15, 0.2) is 0 Å². The van der Waals surface area contributed by atoms with E-state index in [9.17, 15) is 4.79 Å². The van der Waals surface area contributed by atoms with Crippen molar-refractivity contribution in [2.24, 2.45) is 0 Å². The van der Waals surface area contributed by atoms with Gasteiger partial charge in [0.05, 0.1) is 25.3 Å². The van der Waals surface area contributed by atoms with Crippen LogP contribution in [0.2, 0.25) is 0 Å². The number of amides is 1. The predicted octanol–water partition coefficient (Wildman–Crippen LogP) is 2.23. The molecule has 0 saturated carbocycles. The third kappa shape index (κ3) is 5.31. The largest absolute Gasteiger partial charge is 0.444 e. The van der Waals surface area contributed by atoms with E-state index in [1.165, 1.54) is 45.2 Å². The first kappa shape index (κ1) is 18.9. The highest BCUT2D eigenvalue weighted by molar-refractivity contribution is 5.68. The highest BCUT2D eigenvalue weighted by atomic mass is 16.6. The van der Waals surface area contributed by atoms with Crippen LogP contribution in [-0.2, 0) is 9.47 Å². The Kier molecular flexibility index (Phi) is 6.23. The SMILES string of the molecule is CC(C)(C)OC(=O)N[C@H]1COC[C@@H]1N1CCC(N2CCCCC2)CC1. The Morgan fingerprint density at radius 3 is 2.32 bits per heavy atom. The lowest BCUT2D eigenvalue weighted by Crippen LogP contribution is -2.55. The minimum Gasteiger partial charge on any atom is -0.444 e. The number of carbonyl (C=O) groups is 1. The molecule has 25 heavy (non-hydrogen) atoms. The zero-order chi connectivity index (χ0) is 17.9. The summed E-state index contributed by atoms with van der Waals surface area (Å²) in [7, 11) is 0. The molecule has 3 heterocycles. The van der Waals surface area contributed by atoms with Gasteiger partial charge >= 0.3 is 6.09 Å². The average molecular weight is 354 g/mol. The molecular weight excluding hydrogens is 318 g/mol. The second kappa shape index (κ2) is 8.23. The Hall–Kier alpha value is -0.850. The molecule has 144 valence electrons. The van der Waals surface area contributed by atoms with Crippen molar-refractivity contribution in [3.05, 3.63) is 0 Å². The second-order valence-electron chi connectivity index (χ2n) is 8.72. The Morgan fingerprint density at radius 1 is 1.00 bits per heavy atom. The van der Waals surface area contributed by atoms with Crippen LogP contribution >= 0.6 is 0 Å². The lowest BCUT2D eigenvalue weighted by Gasteiger charge is -2.42. The van der Waals surface area contributed by atoms with Crippen molar-refractivity contribution in [2.75, 3.05) is 39.4 Å². The van der Waals surface area contributed by atoms with Gasteiger partial charge in [-0.3, -0.25) is 4.90 Å². The molecule has 6 heteroatoms. The fourth-order valence-electron chi connectivity index (χ4n) is 4.37. The van der Waals surface area contributed by atoms with Crippen molar-refractivity contribution >= 4 is 6.09 Å². The van der Waals surface area contributed by atoms with E-state index in [1.807, 2.05) is 20.8 Å². The molecule has 1 N–H and O–H groups in total. The molecule has 3 fully saturated rings. The number of carbonyl (C=O) groups excluding carboxylic acids is 1. The zero-order valence-electron chi connectivity index (χ0n) is 16.1. The number of nitrogens with zero attached hydrogens (tertiary/aromatic N) is 2. The summed E-state index contributed by atoms with van der Waals surface area (Å²) in [5.74, 6) is 0. The summed E-state index contributed by atoms with van der Waals surface area (Å²) in [4.78, 5) is 17.3. The summed E-state index contributed by atoms with van der Waals surface area (Å²) >= 11 is 0. The number of hydrogen-bond acceptors (Lipinski definition) is 5. The first-order valence-corrected chi connectivity index (χ1v) is 9.98. The molecule has 6 nitrogen and oxygen atoms in total. The number of alkyl carbamates (subject to hydrolysis) is 1. The average Bonchev–Trinajstić information content (AvgIpc) is 3.02. The molecule has 0 radical (unpaired) electrons. The summed E-state index contributed by atoms with van der Waals surface area (Å²) in [5, 5.41) is 3.02. The van der Waals surface area contributed by atoms with Crippen LogP contribution in [0.4, 0.5) is 4.79 Å². The molecular formula is C19H35N3O3. The van der Waals surface area contributed by atoms with Gasteiger partial charge in [0.2, 0.25) is 0 Å². The first-order valence-electron chi connectivity index (χ1n) is 9.98. The zero-order valence-corrected chi connectivity index (χ0v) is 16.1. The second-order valence-corrected chi connectivity index (χ2v) is 8.72. The molecule has 0 aliphatic carbocycles. The minimum absolute atomic E-state index is 0.0291. The van der Waals surface area contributed by atoms with Crippen LogP contribution in [0.1, 0.15) is 52.9 Å². The van der Waals surface area contributed by atoms with E-state index in [-0.39, 0.29) is 18.2 Å². The van der Waals surface area contributed by atoms with Gasteiger partial charge in [-0.2, -0.15) is 0 Å². The van der Waals surface area contributed by atoms with Crippen LogP contribution in [0.25, 0.3) is 0 Å². The number of nitrogens with one attached hydrogen (secondary N) is 1. The fraction of sp³-hybridized carbons (Fsp3) is 0.947. The lowest BCUT2D eigenvalue weighted by atomic mass is 9.98. The Bertz CT molecular complexity index is 438. The van der Waals surface area contributed by atoms with Crippen LogP contribution in [0.5, 0.6) is 0 Å². The van der Waals surface area contributed by atoms with E-state index in [4.69, 9.17) is 9.47 Å². The Labute approximate surface area is 152 Å². The molecule has 0 bridgehead atoms. The maximum atomic E-state index is 12.1. The van der Waals surface area contributed by atoms with Gasteiger partial charge in [0.1, 0.15) is 5.60 Å². The van der Waals surface area contributed by atoms with Crippen molar-refractivity contribution in [1.82, 2.24) is 15.1 Å². The monoisotopic (exact) mass is 353 g/mol. The van der Waals surface area contributed by atoms with Crippen LogP contribution < -0.4 is 5.32 Å². The van der Waals surface area contributed by atoms with E-state index in [1.54, 1.807) is 0 Å². The van der Waals surface area contributed by atoms with Gasteiger partial charge < -0.3 is 19.7 Å². The molecule has 3 rings (SSSR count). The fourth-order valence-corrected chi connectivity index (χ4v) is 4.37. The van der Waals surface area contributed by atoms with E-state index in [0.717, 1.165) is 19.1 Å². The van der Waals surface area contributed by atoms with Gasteiger partial charge in [0.25, 0.3) is 0 Å². The maximum absolute atomic E-state index is 12.1. The van der Waals surface area contributed by atoms with Crippen molar-refractivity contribution < 1.29 is 14.3 Å². The Morgan fingerprint density at radius 2 is 1.68 bits per heavy atom. The summed E-state index contributed by atoms with van der Waals surface area (Å²) in [6, 6.07) is 1.05. The van der Waals surface area contributed by atoms with Crippen LogP contribution in [0, 0.1) is 0 Å². The number of ether oxygens (including phenoxy) is 2. The summed E-state index contributed by atoms with van der Waals surface area (Å²) in [5.41, 5.74) is -0.466. The smallest absolute Gasteiger partial charge is 0.408 e. The van der Waals surface area contributed by atoms with Crippen molar-refractivity contribution in [3.63, 3.8) is 0 Å². The van der Waals surface area contributed by atoms with E-state index >= 15 is 0 Å². The molecule has 2 atom stereocenters. The molecule has 3 aliphatic rings. The Balaban J connectivity index is 1.47. The van der Waals surface area contributed by atoms with Gasteiger partial charge in [-0.25, -0.2) is 4.79 Å². The molecule has 0 spiro atoms. The molecule has 0 aromatic rings. The third-order valence-electron chi connectivity index (χ3n) is 5.63. The molecule has 0 aromatic heterocycles. The molecule has 3 saturated heterocycles. The molecule has 3 aliphatic heterocycles. The standard InChI is InChI=1S/C19H35N3O3/c1-19(2,3)25-18(23)20-16-13-24-14-17(16)22-11-7-15(8-12-22)21-9-5-4-6-10-21/h15-17H,4-14H2,1-3H3,(H,20,23)/t16-,17-/m0/s1. The lowest BCUT2D eigenvalue weighted by molar-refractivity contribution is 0.0435. The van der Waals surface area contributed by atoms with Crippen molar-refractivity contribution in [3.8, 4) is 0 Å². The van der Waals surface area contributed by atoms with Crippen molar-refractivity contribution in [1.29, 1.82) is 0 Å². The molecule has 0 aromatic carbocycles. The van der Waals surface area contributed by atoms with E-state index in [2.05, 4.69) is 15.1 Å². The summed E-state index contributed by atoms with van der Waals surface area (Å²) < 4.78 is 11.1. The van der Waals surface area contributed by atoms with Gasteiger partial charge in [-0.1, -0.05) is 6.42 Å². The predicted molar refractivity (Wildman–Crippen MR) is 97.8 cm³/mol. The van der Waals surface area contributed by atoms with Gasteiger partial charge in [-0.05, 0) is 59.5 Å². The quantitative estimate of drug-likeness (QED) is 0.843. The van der Waals surface area contributed by atoms with Gasteiger partial charge in [0.15, 0.2) is 0 Å². The van der Waals surface area contributed by atoms with Crippen LogP contribution in [-0.4, -0.2) is 79.0 Å². The van der Waals surface area contributed by atoms with Gasteiger partial charge in [0, 0.05) is 19.1 Å². The minimum atomic E-state index is -0.466. The number of likely N-dealkylation sites (tertiary alicyclic amines) is 2. The summed E-state index contributed by atoms with van der Waals surface area (Å²) in [6.45, 7) is 11.7. The van der Waals surface area contributed by atoms with Gasteiger partial charge in [-0.15, -0.1) is 0 Å². The van der Waals surface area contributed by atoms with Crippen molar-refractivity contribution in [2.45, 2.75) is 76.6 Å². The topological polar surface area (TPSA) is 54.0 Å². The number of hydrogen-bond donors (Lipinski definition) is 1. The summed E-state index contributed by atoms with van der Waals surface area (Å²) in [6.07, 6.45) is 6.24. The normalized spacial score (nSPS) is 30.4. The highest BCUT2D eigenvalue weighted by Crippen LogP contribution is 2.24.